The number of nitrogens with zero attached hydrogens (tertiary/aromatic N) is 3. The van der Waals surface area contributed by atoms with Gasteiger partial charge in [-0.3, -0.25) is 9.59 Å². The zero-order valence-corrected chi connectivity index (χ0v) is 11.7. The maximum Gasteiger partial charge on any atom is 0.338 e. The third-order valence-electron chi connectivity index (χ3n) is 2.28. The Bertz CT molecular complexity index is 704. The number of aromatic carboxylic acids is 1. The van der Waals surface area contributed by atoms with E-state index in [0.29, 0.717) is 6.41 Å². The van der Waals surface area contributed by atoms with E-state index in [4.69, 9.17) is 5.11 Å². The predicted molar refractivity (Wildman–Crippen MR) is 74.5 cm³/mol. The van der Waals surface area contributed by atoms with Crippen molar-refractivity contribution in [1.29, 1.82) is 0 Å². The molecule has 0 aliphatic heterocycles. The van der Waals surface area contributed by atoms with Gasteiger partial charge in [0.15, 0.2) is 0 Å². The number of nitrogens with one attached hydrogen (secondary N) is 2. The van der Waals surface area contributed by atoms with E-state index in [1.807, 2.05) is 0 Å². The number of carboxylic acids is 1. The molecule has 2 amide bonds. The summed E-state index contributed by atoms with van der Waals surface area (Å²) < 4.78 is 4.38. The molecule has 10 nitrogen and oxygen atoms in total. The smallest absolute Gasteiger partial charge is 0.338 e. The number of hydrogen-bond acceptors (Lipinski definition) is 8. The van der Waals surface area contributed by atoms with E-state index in [1.165, 1.54) is 18.3 Å². The first-order valence-electron chi connectivity index (χ1n) is 5.75. The lowest BCUT2D eigenvalue weighted by Crippen LogP contribution is -2.16. The van der Waals surface area contributed by atoms with Crippen molar-refractivity contribution >= 4 is 41.7 Å². The standard InChI is InChI=1S/C11H9N5O5S/c17-5-13-8-9(16-21-15-8)14-7(18)4-22-10-6(11(19)20)2-1-3-12-10/h1-3,5H,4H2,(H,19,20)(H,13,15,17)(H,14,16,18). The molecular weight excluding hydrogens is 314 g/mol. The molecule has 11 heteroatoms. The summed E-state index contributed by atoms with van der Waals surface area (Å²) in [4.78, 5) is 37.0. The quantitative estimate of drug-likeness (QED) is 0.488. The van der Waals surface area contributed by atoms with Gasteiger partial charge in [0, 0.05) is 6.20 Å². The van der Waals surface area contributed by atoms with Crippen LogP contribution in [0.3, 0.4) is 0 Å². The fourth-order valence-electron chi connectivity index (χ4n) is 1.39. The van der Waals surface area contributed by atoms with Crippen LogP contribution in [-0.2, 0) is 9.59 Å². The summed E-state index contributed by atoms with van der Waals surface area (Å²) in [5, 5.41) is 20.6. The van der Waals surface area contributed by atoms with Gasteiger partial charge >= 0.3 is 5.97 Å². The number of amides is 2. The lowest BCUT2D eigenvalue weighted by atomic mass is 10.3. The molecule has 114 valence electrons. The van der Waals surface area contributed by atoms with Crippen molar-refractivity contribution in [3.05, 3.63) is 23.9 Å². The first-order valence-corrected chi connectivity index (χ1v) is 6.74. The monoisotopic (exact) mass is 323 g/mol. The van der Waals surface area contributed by atoms with Crippen LogP contribution in [-0.4, -0.2) is 44.4 Å². The molecule has 2 aromatic heterocycles. The van der Waals surface area contributed by atoms with E-state index in [9.17, 15) is 14.4 Å². The molecule has 0 bridgehead atoms. The van der Waals surface area contributed by atoms with E-state index in [-0.39, 0.29) is 28.0 Å². The van der Waals surface area contributed by atoms with Gasteiger partial charge < -0.3 is 15.7 Å². The molecule has 0 unspecified atom stereocenters. The molecule has 0 saturated carbocycles. The second-order valence-electron chi connectivity index (χ2n) is 3.72. The van der Waals surface area contributed by atoms with Crippen LogP contribution >= 0.6 is 11.8 Å². The van der Waals surface area contributed by atoms with E-state index in [0.717, 1.165) is 11.8 Å². The fraction of sp³-hybridized carbons (Fsp3) is 0.0909. The maximum absolute atomic E-state index is 11.8. The second kappa shape index (κ2) is 7.17. The number of thioether (sulfide) groups is 1. The maximum atomic E-state index is 11.8. The minimum atomic E-state index is -1.13. The molecule has 0 atom stereocenters. The highest BCUT2D eigenvalue weighted by molar-refractivity contribution is 8.00. The van der Waals surface area contributed by atoms with Crippen molar-refractivity contribution in [1.82, 2.24) is 15.3 Å². The van der Waals surface area contributed by atoms with Gasteiger partial charge in [0.2, 0.25) is 24.0 Å². The Kier molecular flexibility index (Phi) is 5.03. The average Bonchev–Trinajstić information content (AvgIpc) is 2.93. The Morgan fingerprint density at radius 3 is 2.86 bits per heavy atom. The number of hydrogen-bond donors (Lipinski definition) is 3. The number of rotatable bonds is 7. The number of anilines is 2. The van der Waals surface area contributed by atoms with Gasteiger partial charge in [-0.25, -0.2) is 14.4 Å². The molecular formula is C11H9N5O5S. The normalized spacial score (nSPS) is 10.0. The van der Waals surface area contributed by atoms with Crippen molar-refractivity contribution in [3.63, 3.8) is 0 Å². The number of carboxylic acid groups (broad SMARTS) is 1. The Morgan fingerprint density at radius 1 is 1.36 bits per heavy atom. The number of carbonyl (C=O) groups is 3. The van der Waals surface area contributed by atoms with Crippen LogP contribution in [0.5, 0.6) is 0 Å². The molecule has 0 spiro atoms. The number of pyridine rings is 1. The zero-order chi connectivity index (χ0) is 15.9. The van der Waals surface area contributed by atoms with Crippen LogP contribution in [0, 0.1) is 0 Å². The van der Waals surface area contributed by atoms with Crippen LogP contribution in [0.4, 0.5) is 11.6 Å². The van der Waals surface area contributed by atoms with Gasteiger partial charge in [-0.2, -0.15) is 0 Å². The number of aromatic nitrogens is 3. The van der Waals surface area contributed by atoms with Crippen LogP contribution in [0.15, 0.2) is 28.0 Å². The second-order valence-corrected chi connectivity index (χ2v) is 4.69. The van der Waals surface area contributed by atoms with Crippen molar-refractivity contribution in [2.24, 2.45) is 0 Å². The van der Waals surface area contributed by atoms with Crippen LogP contribution in [0.2, 0.25) is 0 Å². The zero-order valence-electron chi connectivity index (χ0n) is 10.8. The predicted octanol–water partition coefficient (Wildman–Crippen LogP) is 0.462. The highest BCUT2D eigenvalue weighted by Crippen LogP contribution is 2.21. The average molecular weight is 323 g/mol. The van der Waals surface area contributed by atoms with Gasteiger partial charge in [-0.15, -0.1) is 0 Å². The summed E-state index contributed by atoms with van der Waals surface area (Å²) in [5.41, 5.74) is 0.00622. The molecule has 0 radical (unpaired) electrons. The van der Waals surface area contributed by atoms with E-state index in [2.05, 4.69) is 30.6 Å². The minimum absolute atomic E-state index is 0.00622. The van der Waals surface area contributed by atoms with Crippen LogP contribution < -0.4 is 10.6 Å². The third-order valence-corrected chi connectivity index (χ3v) is 3.29. The van der Waals surface area contributed by atoms with Gasteiger partial charge in [-0.1, -0.05) is 11.8 Å². The molecule has 2 heterocycles. The summed E-state index contributed by atoms with van der Waals surface area (Å²) in [7, 11) is 0. The first kappa shape index (κ1) is 15.4. The van der Waals surface area contributed by atoms with Crippen LogP contribution in [0.25, 0.3) is 0 Å². The molecule has 22 heavy (non-hydrogen) atoms. The van der Waals surface area contributed by atoms with Crippen molar-refractivity contribution in [3.8, 4) is 0 Å². The van der Waals surface area contributed by atoms with Gasteiger partial charge in [0.05, 0.1) is 11.3 Å². The fourth-order valence-corrected chi connectivity index (χ4v) is 2.18. The highest BCUT2D eigenvalue weighted by atomic mass is 32.2. The molecule has 0 saturated heterocycles. The Morgan fingerprint density at radius 2 is 2.14 bits per heavy atom. The molecule has 0 fully saturated rings. The summed E-state index contributed by atoms with van der Waals surface area (Å²) in [5.74, 6) is -1.80. The van der Waals surface area contributed by atoms with E-state index >= 15 is 0 Å². The first-order chi connectivity index (χ1) is 10.6. The Labute approximate surface area is 127 Å². The SMILES string of the molecule is O=CNc1nonc1NC(=O)CSc1ncccc1C(=O)O. The molecule has 2 rings (SSSR count). The van der Waals surface area contributed by atoms with E-state index in [1.54, 1.807) is 0 Å². The van der Waals surface area contributed by atoms with Crippen molar-refractivity contribution in [2.45, 2.75) is 5.03 Å². The molecule has 0 aliphatic carbocycles. The summed E-state index contributed by atoms with van der Waals surface area (Å²) in [6, 6.07) is 2.88. The van der Waals surface area contributed by atoms with E-state index < -0.39 is 11.9 Å². The topological polar surface area (TPSA) is 147 Å². The summed E-state index contributed by atoms with van der Waals surface area (Å²) in [6.45, 7) is 0. The lowest BCUT2D eigenvalue weighted by molar-refractivity contribution is -0.114. The molecule has 0 aliphatic rings. The van der Waals surface area contributed by atoms with Crippen molar-refractivity contribution < 1.29 is 24.1 Å². The summed E-state index contributed by atoms with van der Waals surface area (Å²) >= 11 is 0.952. The summed E-state index contributed by atoms with van der Waals surface area (Å²) in [6.07, 6.45) is 1.79. The van der Waals surface area contributed by atoms with Crippen LogP contribution in [0.1, 0.15) is 10.4 Å². The van der Waals surface area contributed by atoms with Crippen molar-refractivity contribution in [2.75, 3.05) is 16.4 Å². The molecule has 2 aromatic rings. The van der Waals surface area contributed by atoms with Gasteiger partial charge in [0.1, 0.15) is 5.03 Å². The van der Waals surface area contributed by atoms with Gasteiger partial charge in [-0.05, 0) is 22.4 Å². The largest absolute Gasteiger partial charge is 0.478 e. The number of carbonyl (C=O) groups excluding carboxylic acids is 2. The molecule has 0 aromatic carbocycles. The van der Waals surface area contributed by atoms with Gasteiger partial charge in [0.25, 0.3) is 0 Å². The lowest BCUT2D eigenvalue weighted by Gasteiger charge is -2.04. The third kappa shape index (κ3) is 3.79. The highest BCUT2D eigenvalue weighted by Gasteiger charge is 2.15. The molecule has 3 N–H and O–H groups in total. The minimum Gasteiger partial charge on any atom is -0.478 e. The Balaban J connectivity index is 1.97. The Hall–Kier alpha value is -2.95.